The second kappa shape index (κ2) is 6.47. The first-order valence-corrected chi connectivity index (χ1v) is 9.17. The van der Waals surface area contributed by atoms with E-state index in [1.807, 2.05) is 6.92 Å². The van der Waals surface area contributed by atoms with E-state index in [1.165, 1.54) is 19.1 Å². The molecule has 0 radical (unpaired) electrons. The molecule has 1 aliphatic carbocycles. The zero-order valence-corrected chi connectivity index (χ0v) is 13.3. The fourth-order valence-electron chi connectivity index (χ4n) is 2.13. The van der Waals surface area contributed by atoms with Crippen LogP contribution in [0.1, 0.15) is 32.6 Å². The number of carbonyl (C=O) groups is 1. The van der Waals surface area contributed by atoms with Gasteiger partial charge in [-0.3, -0.25) is 4.79 Å². The van der Waals surface area contributed by atoms with E-state index >= 15 is 0 Å². The largest absolute Gasteiger partial charge is 0.382 e. The Kier molecular flexibility index (Phi) is 4.88. The van der Waals surface area contributed by atoms with Gasteiger partial charge in [0.25, 0.3) is 0 Å². The number of hydrogen-bond acceptors (Lipinski definition) is 4. The van der Waals surface area contributed by atoms with Gasteiger partial charge >= 0.3 is 0 Å². The Morgan fingerprint density at radius 3 is 2.62 bits per heavy atom. The van der Waals surface area contributed by atoms with Gasteiger partial charge in [0.15, 0.2) is 9.84 Å². The average molecular weight is 310 g/mol. The molecule has 1 fully saturated rings. The molecule has 1 amide bonds. The molecule has 5 nitrogen and oxygen atoms in total. The number of hydrogen-bond donors (Lipinski definition) is 2. The molecule has 1 aromatic rings. The van der Waals surface area contributed by atoms with Crippen molar-refractivity contribution >= 4 is 27.1 Å². The van der Waals surface area contributed by atoms with Crippen molar-refractivity contribution in [2.24, 2.45) is 5.92 Å². The zero-order chi connectivity index (χ0) is 15.5. The molecule has 1 saturated carbocycles. The molecular formula is C15H22N2O3S. The van der Waals surface area contributed by atoms with Crippen LogP contribution in [0.4, 0.5) is 11.4 Å². The number of nitrogens with one attached hydrogen (secondary N) is 2. The third kappa shape index (κ3) is 4.46. The van der Waals surface area contributed by atoms with Crippen LogP contribution in [0.3, 0.4) is 0 Å². The number of benzene rings is 1. The second-order valence-electron chi connectivity index (χ2n) is 5.57. The lowest BCUT2D eigenvalue weighted by Crippen LogP contribution is -2.15. The summed E-state index contributed by atoms with van der Waals surface area (Å²) < 4.78 is 23.9. The standard InChI is InChI=1S/C15H22N2O3S/c1-3-5-14(18)17-12-6-4-7-13(21(2,19)20)15(12)16-10-11-8-9-11/h4,6-7,11,16H,3,5,8-10H2,1-2H3,(H,17,18). The van der Waals surface area contributed by atoms with Gasteiger partial charge in [0.2, 0.25) is 5.91 Å². The summed E-state index contributed by atoms with van der Waals surface area (Å²) in [6.07, 6.45) is 4.70. The van der Waals surface area contributed by atoms with Crippen LogP contribution in [-0.4, -0.2) is 27.1 Å². The highest BCUT2D eigenvalue weighted by molar-refractivity contribution is 7.90. The lowest BCUT2D eigenvalue weighted by Gasteiger charge is -2.16. The fourth-order valence-corrected chi connectivity index (χ4v) is 3.01. The Hall–Kier alpha value is -1.56. The quantitative estimate of drug-likeness (QED) is 0.812. The Labute approximate surface area is 126 Å². The molecule has 116 valence electrons. The SMILES string of the molecule is CCCC(=O)Nc1cccc(S(C)(=O)=O)c1NCC1CC1. The molecule has 0 unspecified atom stereocenters. The second-order valence-corrected chi connectivity index (χ2v) is 7.56. The van der Waals surface area contributed by atoms with Crippen LogP contribution < -0.4 is 10.6 Å². The predicted molar refractivity (Wildman–Crippen MR) is 84.3 cm³/mol. The van der Waals surface area contributed by atoms with E-state index in [-0.39, 0.29) is 10.8 Å². The summed E-state index contributed by atoms with van der Waals surface area (Å²) in [5, 5.41) is 6.01. The molecule has 0 aromatic heterocycles. The molecule has 0 heterocycles. The first-order valence-electron chi connectivity index (χ1n) is 7.28. The van der Waals surface area contributed by atoms with Crippen molar-refractivity contribution in [1.29, 1.82) is 0 Å². The Balaban J connectivity index is 2.30. The highest BCUT2D eigenvalue weighted by Gasteiger charge is 2.23. The van der Waals surface area contributed by atoms with Crippen molar-refractivity contribution in [3.63, 3.8) is 0 Å². The normalized spacial score (nSPS) is 14.8. The van der Waals surface area contributed by atoms with Crippen molar-refractivity contribution in [3.8, 4) is 0 Å². The van der Waals surface area contributed by atoms with Gasteiger partial charge in [0, 0.05) is 19.2 Å². The van der Waals surface area contributed by atoms with Gasteiger partial charge in [-0.15, -0.1) is 0 Å². The minimum absolute atomic E-state index is 0.0994. The van der Waals surface area contributed by atoms with Crippen molar-refractivity contribution < 1.29 is 13.2 Å². The van der Waals surface area contributed by atoms with Crippen molar-refractivity contribution in [2.45, 2.75) is 37.5 Å². The van der Waals surface area contributed by atoms with E-state index in [0.717, 1.165) is 13.0 Å². The third-order valence-electron chi connectivity index (χ3n) is 3.44. The number of para-hydroxylation sites is 1. The van der Waals surface area contributed by atoms with Gasteiger partial charge in [-0.25, -0.2) is 8.42 Å². The Morgan fingerprint density at radius 1 is 1.33 bits per heavy atom. The molecule has 6 heteroatoms. The maximum atomic E-state index is 11.9. The van der Waals surface area contributed by atoms with Crippen molar-refractivity contribution in [1.82, 2.24) is 0 Å². The van der Waals surface area contributed by atoms with Crippen LogP contribution in [0.5, 0.6) is 0 Å². The highest BCUT2D eigenvalue weighted by Crippen LogP contribution is 2.33. The molecule has 0 atom stereocenters. The summed E-state index contributed by atoms with van der Waals surface area (Å²) in [5.74, 6) is 0.509. The topological polar surface area (TPSA) is 75.3 Å². The van der Waals surface area contributed by atoms with Gasteiger partial charge in [0.05, 0.1) is 16.3 Å². The van der Waals surface area contributed by atoms with Crippen molar-refractivity contribution in [3.05, 3.63) is 18.2 Å². The first kappa shape index (κ1) is 15.8. The molecule has 2 rings (SSSR count). The summed E-state index contributed by atoms with van der Waals surface area (Å²) in [6, 6.07) is 4.96. The van der Waals surface area contributed by atoms with Crippen molar-refractivity contribution in [2.75, 3.05) is 23.4 Å². The maximum Gasteiger partial charge on any atom is 0.224 e. The predicted octanol–water partition coefficient (Wildman–Crippen LogP) is 2.65. The van der Waals surface area contributed by atoms with E-state index in [0.29, 0.717) is 23.7 Å². The first-order chi connectivity index (χ1) is 9.91. The van der Waals surface area contributed by atoms with Gasteiger partial charge < -0.3 is 10.6 Å². The van der Waals surface area contributed by atoms with E-state index in [9.17, 15) is 13.2 Å². The minimum Gasteiger partial charge on any atom is -0.382 e. The summed E-state index contributed by atoms with van der Waals surface area (Å²) in [5.41, 5.74) is 1.05. The van der Waals surface area contributed by atoms with Gasteiger partial charge in [0.1, 0.15) is 0 Å². The number of sulfone groups is 1. The van der Waals surface area contributed by atoms with E-state index in [2.05, 4.69) is 10.6 Å². The number of anilines is 2. The molecule has 1 aliphatic rings. The summed E-state index contributed by atoms with van der Waals surface area (Å²) in [6.45, 7) is 2.67. The van der Waals surface area contributed by atoms with E-state index in [4.69, 9.17) is 0 Å². The molecule has 0 spiro atoms. The third-order valence-corrected chi connectivity index (χ3v) is 4.58. The Morgan fingerprint density at radius 2 is 2.05 bits per heavy atom. The highest BCUT2D eigenvalue weighted by atomic mass is 32.2. The molecular weight excluding hydrogens is 288 g/mol. The molecule has 0 aliphatic heterocycles. The van der Waals surface area contributed by atoms with Crippen LogP contribution in [0, 0.1) is 5.92 Å². The molecule has 21 heavy (non-hydrogen) atoms. The molecule has 0 bridgehead atoms. The van der Waals surface area contributed by atoms with Crippen LogP contribution in [0.2, 0.25) is 0 Å². The maximum absolute atomic E-state index is 11.9. The van der Waals surface area contributed by atoms with Gasteiger partial charge in [-0.05, 0) is 37.3 Å². The number of amides is 1. The molecule has 1 aromatic carbocycles. The van der Waals surface area contributed by atoms with Gasteiger partial charge in [-0.1, -0.05) is 13.0 Å². The van der Waals surface area contributed by atoms with Crippen LogP contribution >= 0.6 is 0 Å². The minimum atomic E-state index is -3.35. The summed E-state index contributed by atoms with van der Waals surface area (Å²) in [4.78, 5) is 12.0. The lowest BCUT2D eigenvalue weighted by molar-refractivity contribution is -0.116. The number of carbonyl (C=O) groups excluding carboxylic acids is 1. The molecule has 2 N–H and O–H groups in total. The summed E-state index contributed by atoms with van der Waals surface area (Å²) in [7, 11) is -3.35. The molecule has 0 saturated heterocycles. The monoisotopic (exact) mass is 310 g/mol. The lowest BCUT2D eigenvalue weighted by atomic mass is 10.2. The smallest absolute Gasteiger partial charge is 0.224 e. The number of rotatable bonds is 7. The van der Waals surface area contributed by atoms with Crippen LogP contribution in [0.25, 0.3) is 0 Å². The van der Waals surface area contributed by atoms with Crippen LogP contribution in [0.15, 0.2) is 23.1 Å². The van der Waals surface area contributed by atoms with Gasteiger partial charge in [-0.2, -0.15) is 0 Å². The van der Waals surface area contributed by atoms with E-state index < -0.39 is 9.84 Å². The van der Waals surface area contributed by atoms with E-state index in [1.54, 1.807) is 18.2 Å². The Bertz CT molecular complexity index is 622. The van der Waals surface area contributed by atoms with Crippen LogP contribution in [-0.2, 0) is 14.6 Å². The zero-order valence-electron chi connectivity index (χ0n) is 12.5. The fraction of sp³-hybridized carbons (Fsp3) is 0.533. The summed E-state index contributed by atoms with van der Waals surface area (Å²) >= 11 is 0. The average Bonchev–Trinajstić information content (AvgIpc) is 3.20.